The fourth-order valence-electron chi connectivity index (χ4n) is 3.43. The van der Waals surface area contributed by atoms with E-state index in [1.54, 1.807) is 12.1 Å². The van der Waals surface area contributed by atoms with E-state index in [1.807, 2.05) is 36.4 Å². The van der Waals surface area contributed by atoms with Gasteiger partial charge in [-0.1, -0.05) is 24.3 Å². The zero-order valence-electron chi connectivity index (χ0n) is 14.0. The molecule has 4 rings (SSSR count). The van der Waals surface area contributed by atoms with Gasteiger partial charge in [-0.15, -0.1) is 0 Å². The second-order valence-electron chi connectivity index (χ2n) is 6.69. The average molecular weight is 334 g/mol. The maximum Gasteiger partial charge on any atom is 0.165 e. The number of aromatic nitrogens is 2. The van der Waals surface area contributed by atoms with Gasteiger partial charge in [0.15, 0.2) is 5.82 Å². The number of phenols is 1. The molecule has 0 amide bonds. The van der Waals surface area contributed by atoms with Crippen LogP contribution in [-0.4, -0.2) is 27.2 Å². The molecule has 0 bridgehead atoms. The molecule has 5 heteroatoms. The summed E-state index contributed by atoms with van der Waals surface area (Å²) in [6, 6.07) is 15.8. The van der Waals surface area contributed by atoms with Gasteiger partial charge in [-0.25, -0.2) is 9.97 Å². The molecule has 0 saturated heterocycles. The van der Waals surface area contributed by atoms with Crippen LogP contribution >= 0.6 is 0 Å². The van der Waals surface area contributed by atoms with Crippen LogP contribution in [0.5, 0.6) is 5.75 Å². The summed E-state index contributed by atoms with van der Waals surface area (Å²) in [5, 5.41) is 14.7. The second kappa shape index (κ2) is 6.69. The average Bonchev–Trinajstić information content (AvgIpc) is 2.64. The third-order valence-electron chi connectivity index (χ3n) is 4.86. The fourth-order valence-corrected chi connectivity index (χ4v) is 3.43. The predicted molar refractivity (Wildman–Crippen MR) is 100 cm³/mol. The third kappa shape index (κ3) is 3.28. The van der Waals surface area contributed by atoms with Gasteiger partial charge in [0, 0.05) is 17.5 Å². The number of aromatic hydroxyl groups is 1. The molecule has 0 radical (unpaired) electrons. The van der Waals surface area contributed by atoms with Crippen molar-refractivity contribution >= 4 is 16.7 Å². The van der Waals surface area contributed by atoms with E-state index in [0.717, 1.165) is 42.4 Å². The molecule has 1 fully saturated rings. The smallest absolute Gasteiger partial charge is 0.165 e. The lowest BCUT2D eigenvalue weighted by atomic mass is 9.92. The van der Waals surface area contributed by atoms with E-state index in [9.17, 15) is 5.11 Å². The highest BCUT2D eigenvalue weighted by Gasteiger charge is 2.20. The first-order valence-electron chi connectivity index (χ1n) is 8.78. The van der Waals surface area contributed by atoms with Gasteiger partial charge in [0.05, 0.1) is 11.1 Å². The quantitative estimate of drug-likeness (QED) is 0.680. The Morgan fingerprint density at radius 2 is 1.64 bits per heavy atom. The Kier molecular flexibility index (Phi) is 4.24. The molecule has 0 unspecified atom stereocenters. The first-order chi connectivity index (χ1) is 12.2. The lowest BCUT2D eigenvalue weighted by Gasteiger charge is -2.27. The van der Waals surface area contributed by atoms with Crippen molar-refractivity contribution in [3.8, 4) is 17.1 Å². The van der Waals surface area contributed by atoms with E-state index in [1.165, 1.54) is 0 Å². The Hall–Kier alpha value is -2.66. The highest BCUT2D eigenvalue weighted by Crippen LogP contribution is 2.31. The predicted octanol–water partition coefficient (Wildman–Crippen LogP) is 3.68. The molecule has 1 aromatic heterocycles. The van der Waals surface area contributed by atoms with Gasteiger partial charge in [0.1, 0.15) is 11.6 Å². The number of nitrogens with zero attached hydrogens (tertiary/aromatic N) is 2. The van der Waals surface area contributed by atoms with Gasteiger partial charge in [-0.05, 0) is 49.9 Å². The number of nitrogens with two attached hydrogens (primary N) is 1. The number of phenolic OH excluding ortho intramolecular Hbond substituents is 1. The number of hydrogen-bond donors (Lipinski definition) is 3. The van der Waals surface area contributed by atoms with Crippen molar-refractivity contribution in [2.45, 2.75) is 37.8 Å². The van der Waals surface area contributed by atoms with E-state index in [0.29, 0.717) is 23.5 Å². The topological polar surface area (TPSA) is 84.1 Å². The molecule has 3 aromatic rings. The molecular weight excluding hydrogens is 312 g/mol. The highest BCUT2D eigenvalue weighted by atomic mass is 16.3. The summed E-state index contributed by atoms with van der Waals surface area (Å²) in [7, 11) is 0. The Morgan fingerprint density at radius 3 is 2.44 bits per heavy atom. The van der Waals surface area contributed by atoms with Crippen molar-refractivity contribution in [1.82, 2.24) is 9.97 Å². The Balaban J connectivity index is 1.75. The molecule has 2 aromatic carbocycles. The van der Waals surface area contributed by atoms with Gasteiger partial charge in [-0.2, -0.15) is 0 Å². The molecule has 1 aliphatic rings. The number of para-hydroxylation sites is 2. The van der Waals surface area contributed by atoms with Crippen molar-refractivity contribution in [3.05, 3.63) is 48.5 Å². The summed E-state index contributed by atoms with van der Waals surface area (Å²) in [4.78, 5) is 9.37. The summed E-state index contributed by atoms with van der Waals surface area (Å²) in [5.41, 5.74) is 7.52. The van der Waals surface area contributed by atoms with Gasteiger partial charge in [0.25, 0.3) is 0 Å². The largest absolute Gasteiger partial charge is 0.507 e. The number of fused-ring (bicyclic) bond motifs is 1. The van der Waals surface area contributed by atoms with Crippen LogP contribution in [0.1, 0.15) is 25.7 Å². The van der Waals surface area contributed by atoms with Crippen molar-refractivity contribution < 1.29 is 5.11 Å². The number of anilines is 1. The van der Waals surface area contributed by atoms with E-state index in [-0.39, 0.29) is 5.75 Å². The minimum atomic E-state index is 0.187. The number of hydrogen-bond acceptors (Lipinski definition) is 5. The van der Waals surface area contributed by atoms with Crippen molar-refractivity contribution in [1.29, 1.82) is 0 Å². The summed E-state index contributed by atoms with van der Waals surface area (Å²) < 4.78 is 0. The van der Waals surface area contributed by atoms with Gasteiger partial charge < -0.3 is 16.2 Å². The van der Waals surface area contributed by atoms with Crippen molar-refractivity contribution in [3.63, 3.8) is 0 Å². The van der Waals surface area contributed by atoms with E-state index < -0.39 is 0 Å². The zero-order valence-corrected chi connectivity index (χ0v) is 14.0. The normalized spacial score (nSPS) is 20.5. The Bertz CT molecular complexity index is 888. The van der Waals surface area contributed by atoms with Crippen LogP contribution in [0, 0.1) is 0 Å². The number of nitrogens with one attached hydrogen (secondary N) is 1. The van der Waals surface area contributed by atoms with Crippen LogP contribution in [0.2, 0.25) is 0 Å². The Labute approximate surface area is 146 Å². The summed E-state index contributed by atoms with van der Waals surface area (Å²) in [6.45, 7) is 0. The van der Waals surface area contributed by atoms with E-state index in [4.69, 9.17) is 10.7 Å². The molecule has 0 atom stereocenters. The highest BCUT2D eigenvalue weighted by molar-refractivity contribution is 5.91. The van der Waals surface area contributed by atoms with E-state index in [2.05, 4.69) is 10.3 Å². The zero-order chi connectivity index (χ0) is 17.2. The minimum absolute atomic E-state index is 0.187. The van der Waals surface area contributed by atoms with Crippen LogP contribution in [-0.2, 0) is 0 Å². The van der Waals surface area contributed by atoms with Crippen LogP contribution < -0.4 is 11.1 Å². The molecule has 4 N–H and O–H groups in total. The Morgan fingerprint density at radius 1 is 0.920 bits per heavy atom. The molecule has 25 heavy (non-hydrogen) atoms. The molecule has 0 spiro atoms. The second-order valence-corrected chi connectivity index (χ2v) is 6.69. The lowest BCUT2D eigenvalue weighted by molar-refractivity contribution is 0.410. The van der Waals surface area contributed by atoms with Crippen LogP contribution in [0.25, 0.3) is 22.3 Å². The first-order valence-corrected chi connectivity index (χ1v) is 8.78. The molecule has 1 aliphatic carbocycles. The minimum Gasteiger partial charge on any atom is -0.507 e. The summed E-state index contributed by atoms with van der Waals surface area (Å²) in [6.07, 6.45) is 4.16. The molecule has 5 nitrogen and oxygen atoms in total. The van der Waals surface area contributed by atoms with Crippen LogP contribution in [0.4, 0.5) is 5.82 Å². The molecule has 1 saturated carbocycles. The maximum absolute atomic E-state index is 10.2. The van der Waals surface area contributed by atoms with Gasteiger partial charge in [0.2, 0.25) is 0 Å². The lowest BCUT2D eigenvalue weighted by Crippen LogP contribution is -2.33. The van der Waals surface area contributed by atoms with Gasteiger partial charge >= 0.3 is 0 Å². The summed E-state index contributed by atoms with van der Waals surface area (Å²) in [5.74, 6) is 1.54. The van der Waals surface area contributed by atoms with Gasteiger partial charge in [-0.3, -0.25) is 0 Å². The molecule has 0 aliphatic heterocycles. The van der Waals surface area contributed by atoms with Crippen LogP contribution in [0.3, 0.4) is 0 Å². The molecule has 1 heterocycles. The summed E-state index contributed by atoms with van der Waals surface area (Å²) >= 11 is 0. The van der Waals surface area contributed by atoms with E-state index >= 15 is 0 Å². The number of benzene rings is 2. The fraction of sp³-hybridized carbons (Fsp3) is 0.300. The maximum atomic E-state index is 10.2. The SMILES string of the molecule is NC1CCC(Nc2nc(-c3ccccc3O)nc3ccccc23)CC1. The standard InChI is InChI=1S/C20H22N4O/c21-13-9-11-14(12-10-13)22-19-15-5-1-3-7-17(15)23-20(24-19)16-6-2-4-8-18(16)25/h1-8,13-14,25H,9-12,21H2,(H,22,23,24). The van der Waals surface area contributed by atoms with Crippen molar-refractivity contribution in [2.75, 3.05) is 5.32 Å². The third-order valence-corrected chi connectivity index (χ3v) is 4.86. The monoisotopic (exact) mass is 334 g/mol. The number of rotatable bonds is 3. The first kappa shape index (κ1) is 15.8. The molecule has 128 valence electrons. The van der Waals surface area contributed by atoms with Crippen LogP contribution in [0.15, 0.2) is 48.5 Å². The van der Waals surface area contributed by atoms with Crippen molar-refractivity contribution in [2.24, 2.45) is 5.73 Å². The molecular formula is C20H22N4O.